The number of H-pyrrole nitrogens is 1. The molecule has 7 heteroatoms. The minimum absolute atomic E-state index is 0.155. The molecule has 0 saturated carbocycles. The molecule has 15 heavy (non-hydrogen) atoms. The molecule has 0 fully saturated rings. The smallest absolute Gasteiger partial charge is 0.278 e. The zero-order valence-corrected chi connectivity index (χ0v) is 7.84. The molecule has 0 saturated heterocycles. The molecule has 1 atom stereocenters. The minimum Gasteiger partial charge on any atom is -0.385 e. The Morgan fingerprint density at radius 2 is 2.33 bits per heavy atom. The van der Waals surface area contributed by atoms with E-state index in [9.17, 15) is 4.79 Å². The molecule has 1 unspecified atom stereocenters. The maximum atomic E-state index is 10.7. The van der Waals surface area contributed by atoms with Crippen LogP contribution >= 0.6 is 0 Å². The second kappa shape index (κ2) is 3.62. The Morgan fingerprint density at radius 3 is 2.87 bits per heavy atom. The summed E-state index contributed by atoms with van der Waals surface area (Å²) in [5.74, 6) is 0.333. The second-order valence-electron chi connectivity index (χ2n) is 2.94. The number of aliphatic hydroxyl groups excluding tert-OH is 1. The number of nitrogens with one attached hydrogen (secondary N) is 1. The summed E-state index contributed by atoms with van der Waals surface area (Å²) in [6.07, 6.45) is -0.801. The van der Waals surface area contributed by atoms with E-state index in [1.54, 1.807) is 0 Å². The third-order valence-electron chi connectivity index (χ3n) is 1.71. The highest BCUT2D eigenvalue weighted by Crippen LogP contribution is 2.15. The molecule has 0 bridgehead atoms. The fourth-order valence-corrected chi connectivity index (χ4v) is 0.972. The van der Waals surface area contributed by atoms with Crippen molar-refractivity contribution in [2.75, 3.05) is 0 Å². The monoisotopic (exact) mass is 208 g/mol. The van der Waals surface area contributed by atoms with Gasteiger partial charge in [0.25, 0.3) is 11.4 Å². The van der Waals surface area contributed by atoms with Crippen LogP contribution in [0.25, 0.3) is 11.6 Å². The van der Waals surface area contributed by atoms with Crippen molar-refractivity contribution >= 4 is 0 Å². The van der Waals surface area contributed by atoms with Crippen molar-refractivity contribution in [1.82, 2.24) is 20.3 Å². The van der Waals surface area contributed by atoms with E-state index in [-0.39, 0.29) is 17.3 Å². The van der Waals surface area contributed by atoms with E-state index in [0.717, 1.165) is 0 Å². The fourth-order valence-electron chi connectivity index (χ4n) is 0.972. The molecule has 2 heterocycles. The molecule has 0 aliphatic heterocycles. The molecule has 0 amide bonds. The van der Waals surface area contributed by atoms with Crippen LogP contribution in [-0.2, 0) is 0 Å². The molecule has 7 nitrogen and oxygen atoms in total. The summed E-state index contributed by atoms with van der Waals surface area (Å²) < 4.78 is 4.85. The minimum atomic E-state index is -0.801. The third-order valence-corrected chi connectivity index (χ3v) is 1.71. The molecule has 2 N–H and O–H groups in total. The highest BCUT2D eigenvalue weighted by Gasteiger charge is 2.13. The van der Waals surface area contributed by atoms with Crippen molar-refractivity contribution in [3.8, 4) is 11.6 Å². The Labute approximate surface area is 83.8 Å². The Morgan fingerprint density at radius 1 is 1.53 bits per heavy atom. The maximum absolute atomic E-state index is 10.7. The van der Waals surface area contributed by atoms with Crippen LogP contribution in [0.3, 0.4) is 0 Å². The van der Waals surface area contributed by atoms with Crippen molar-refractivity contribution in [1.29, 1.82) is 0 Å². The first kappa shape index (κ1) is 9.53. The van der Waals surface area contributed by atoms with E-state index in [4.69, 9.17) is 9.63 Å². The highest BCUT2D eigenvalue weighted by molar-refractivity contribution is 5.44. The summed E-state index contributed by atoms with van der Waals surface area (Å²) in [6.45, 7) is 1.52. The lowest BCUT2D eigenvalue weighted by molar-refractivity contribution is 0.184. The third kappa shape index (κ3) is 1.91. The molecule has 0 spiro atoms. The Hall–Kier alpha value is -2.02. The Bertz CT molecular complexity index is 496. The van der Waals surface area contributed by atoms with Crippen molar-refractivity contribution in [3.63, 3.8) is 0 Å². The SMILES string of the molecule is CC(O)c1noc(-c2ccc(=O)[nH]n2)n1. The van der Waals surface area contributed by atoms with Gasteiger partial charge in [0.1, 0.15) is 11.8 Å². The highest BCUT2D eigenvalue weighted by atomic mass is 16.5. The first-order valence-electron chi connectivity index (χ1n) is 4.24. The molecule has 78 valence electrons. The number of nitrogens with zero attached hydrogens (tertiary/aromatic N) is 3. The van der Waals surface area contributed by atoms with Crippen LogP contribution in [0.5, 0.6) is 0 Å². The van der Waals surface area contributed by atoms with Crippen molar-refractivity contribution in [2.45, 2.75) is 13.0 Å². The van der Waals surface area contributed by atoms with Gasteiger partial charge in [-0.3, -0.25) is 4.79 Å². The fraction of sp³-hybridized carbons (Fsp3) is 0.250. The van der Waals surface area contributed by atoms with Crippen LogP contribution in [0.15, 0.2) is 21.5 Å². The lowest BCUT2D eigenvalue weighted by Gasteiger charge is -1.92. The van der Waals surface area contributed by atoms with Crippen LogP contribution in [0.1, 0.15) is 18.9 Å². The van der Waals surface area contributed by atoms with Crippen molar-refractivity contribution in [3.05, 3.63) is 28.3 Å². The zero-order chi connectivity index (χ0) is 10.8. The quantitative estimate of drug-likeness (QED) is 0.712. The van der Waals surface area contributed by atoms with Gasteiger partial charge in [0, 0.05) is 6.07 Å². The standard InChI is InChI=1S/C8H8N4O3/c1-4(13)7-9-8(15-12-7)5-2-3-6(14)11-10-5/h2-4,13H,1H3,(H,11,14). The van der Waals surface area contributed by atoms with Gasteiger partial charge in [-0.2, -0.15) is 10.1 Å². The van der Waals surface area contributed by atoms with Crippen molar-refractivity contribution < 1.29 is 9.63 Å². The summed E-state index contributed by atoms with van der Waals surface area (Å²) >= 11 is 0. The van der Waals surface area contributed by atoms with Crippen LogP contribution < -0.4 is 5.56 Å². The van der Waals surface area contributed by atoms with Gasteiger partial charge in [0.2, 0.25) is 0 Å². The molecule has 0 aliphatic carbocycles. The number of hydrogen-bond acceptors (Lipinski definition) is 6. The van der Waals surface area contributed by atoms with Gasteiger partial charge in [-0.15, -0.1) is 0 Å². The van der Waals surface area contributed by atoms with Gasteiger partial charge in [-0.05, 0) is 13.0 Å². The second-order valence-corrected chi connectivity index (χ2v) is 2.94. The molecule has 0 radical (unpaired) electrons. The van der Waals surface area contributed by atoms with E-state index >= 15 is 0 Å². The van der Waals surface area contributed by atoms with Crippen LogP contribution in [0, 0.1) is 0 Å². The summed E-state index contributed by atoms with van der Waals surface area (Å²) in [7, 11) is 0. The average Bonchev–Trinajstić information content (AvgIpc) is 2.68. The largest absolute Gasteiger partial charge is 0.385 e. The summed E-state index contributed by atoms with van der Waals surface area (Å²) in [6, 6.07) is 2.76. The van der Waals surface area contributed by atoms with Crippen LogP contribution in [0.2, 0.25) is 0 Å². The Kier molecular flexibility index (Phi) is 2.30. The number of aromatic nitrogens is 4. The van der Waals surface area contributed by atoms with E-state index in [0.29, 0.717) is 5.69 Å². The Balaban J connectivity index is 2.37. The predicted molar refractivity (Wildman–Crippen MR) is 48.8 cm³/mol. The lowest BCUT2D eigenvalue weighted by atomic mass is 10.4. The van der Waals surface area contributed by atoms with Crippen LogP contribution in [0.4, 0.5) is 0 Å². The normalized spacial score (nSPS) is 12.7. The summed E-state index contributed by atoms with van der Waals surface area (Å²) in [5.41, 5.74) is 0.0445. The topological polar surface area (TPSA) is 105 Å². The van der Waals surface area contributed by atoms with Gasteiger partial charge in [-0.25, -0.2) is 5.10 Å². The molecule has 2 rings (SSSR count). The van der Waals surface area contributed by atoms with Gasteiger partial charge in [0.15, 0.2) is 5.82 Å². The van der Waals surface area contributed by atoms with E-state index in [1.807, 2.05) is 0 Å². The number of aromatic amines is 1. The number of rotatable bonds is 2. The number of hydrogen-bond donors (Lipinski definition) is 2. The predicted octanol–water partition coefficient (Wildman–Crippen LogP) is -0.127. The lowest BCUT2D eigenvalue weighted by Crippen LogP contribution is -2.05. The van der Waals surface area contributed by atoms with Gasteiger partial charge < -0.3 is 9.63 Å². The molecule has 0 aromatic carbocycles. The van der Waals surface area contributed by atoms with Crippen molar-refractivity contribution in [2.24, 2.45) is 0 Å². The zero-order valence-electron chi connectivity index (χ0n) is 7.84. The average molecular weight is 208 g/mol. The molecular formula is C8H8N4O3. The first-order valence-corrected chi connectivity index (χ1v) is 4.24. The maximum Gasteiger partial charge on any atom is 0.278 e. The first-order chi connectivity index (χ1) is 7.16. The summed E-state index contributed by atoms with van der Waals surface area (Å²) in [4.78, 5) is 14.6. The summed E-state index contributed by atoms with van der Waals surface area (Å²) in [5, 5.41) is 18.7. The molecule has 2 aromatic heterocycles. The van der Waals surface area contributed by atoms with E-state index in [2.05, 4.69) is 20.3 Å². The molecule has 2 aromatic rings. The van der Waals surface area contributed by atoms with E-state index in [1.165, 1.54) is 19.1 Å². The molecular weight excluding hydrogens is 200 g/mol. The van der Waals surface area contributed by atoms with Gasteiger partial charge in [0.05, 0.1) is 0 Å². The van der Waals surface area contributed by atoms with Gasteiger partial charge in [-0.1, -0.05) is 5.16 Å². The van der Waals surface area contributed by atoms with Gasteiger partial charge >= 0.3 is 0 Å². The molecule has 0 aliphatic rings. The van der Waals surface area contributed by atoms with Crippen LogP contribution in [-0.4, -0.2) is 25.4 Å². The number of aliphatic hydroxyl groups is 1. The van der Waals surface area contributed by atoms with E-state index < -0.39 is 6.10 Å².